The van der Waals surface area contributed by atoms with Crippen LogP contribution in [0.3, 0.4) is 0 Å². The Labute approximate surface area is 188 Å². The van der Waals surface area contributed by atoms with Gasteiger partial charge in [0.25, 0.3) is 0 Å². The van der Waals surface area contributed by atoms with Gasteiger partial charge in [-0.2, -0.15) is 26.3 Å². The van der Waals surface area contributed by atoms with Crippen molar-refractivity contribution < 1.29 is 26.3 Å². The smallest absolute Gasteiger partial charge is 0.166 e. The predicted molar refractivity (Wildman–Crippen MR) is 119 cm³/mol. The van der Waals surface area contributed by atoms with Crippen LogP contribution in [0.1, 0.15) is 11.1 Å². The van der Waals surface area contributed by atoms with Crippen molar-refractivity contribution in [1.82, 2.24) is 0 Å². The van der Waals surface area contributed by atoms with E-state index in [2.05, 4.69) is 0 Å². The fourth-order valence-electron chi connectivity index (χ4n) is 3.72. The predicted octanol–water partition coefficient (Wildman–Crippen LogP) is 5.91. The van der Waals surface area contributed by atoms with Gasteiger partial charge < -0.3 is 0 Å². The van der Waals surface area contributed by atoms with E-state index in [1.807, 2.05) is 36.4 Å². The second-order valence-electron chi connectivity index (χ2n) is 7.44. The zero-order valence-corrected chi connectivity index (χ0v) is 18.1. The van der Waals surface area contributed by atoms with E-state index in [0.29, 0.717) is 0 Å². The van der Waals surface area contributed by atoms with Gasteiger partial charge in [0.2, 0.25) is 0 Å². The van der Waals surface area contributed by atoms with Crippen molar-refractivity contribution in [2.45, 2.75) is 12.4 Å². The number of alkyl halides is 6. The van der Waals surface area contributed by atoms with Crippen molar-refractivity contribution in [1.29, 1.82) is 0 Å². The van der Waals surface area contributed by atoms with Crippen molar-refractivity contribution in [3.63, 3.8) is 0 Å². The number of benzene rings is 4. The number of halogens is 6. The lowest BCUT2D eigenvalue weighted by Gasteiger charge is -2.22. The fourth-order valence-corrected chi connectivity index (χ4v) is 6.46. The molecule has 0 nitrogen and oxygen atoms in total. The van der Waals surface area contributed by atoms with Gasteiger partial charge in [0.15, 0.2) is 8.80 Å². The molecule has 0 N–H and O–H groups in total. The third-order valence-corrected chi connectivity index (χ3v) is 8.06. The van der Waals surface area contributed by atoms with E-state index in [9.17, 15) is 26.3 Å². The van der Waals surface area contributed by atoms with Crippen molar-refractivity contribution in [3.8, 4) is 11.1 Å². The van der Waals surface area contributed by atoms with E-state index in [0.717, 1.165) is 28.6 Å². The molecule has 0 unspecified atom stereocenters. The van der Waals surface area contributed by atoms with Crippen molar-refractivity contribution in [3.05, 3.63) is 114 Å². The van der Waals surface area contributed by atoms with E-state index < -0.39 is 32.3 Å². The quantitative estimate of drug-likeness (QED) is 0.197. The Kier molecular flexibility index (Phi) is 6.17. The highest BCUT2D eigenvalue weighted by Gasteiger charge is 2.37. The Balaban J connectivity index is 1.86. The first-order chi connectivity index (χ1) is 15.6. The van der Waals surface area contributed by atoms with Crippen LogP contribution in [-0.2, 0) is 12.4 Å². The molecule has 0 amide bonds. The van der Waals surface area contributed by atoms with Crippen LogP contribution in [0.25, 0.3) is 11.1 Å². The van der Waals surface area contributed by atoms with E-state index in [4.69, 9.17) is 0 Å². The molecule has 0 saturated heterocycles. The first-order valence-electron chi connectivity index (χ1n) is 10.0. The van der Waals surface area contributed by atoms with Gasteiger partial charge in [-0.05, 0) is 34.5 Å². The van der Waals surface area contributed by atoms with Crippen LogP contribution in [-0.4, -0.2) is 8.80 Å². The summed E-state index contributed by atoms with van der Waals surface area (Å²) in [4.78, 5) is 0. The van der Waals surface area contributed by atoms with Crippen molar-refractivity contribution in [2.24, 2.45) is 0 Å². The minimum atomic E-state index is -4.63. The van der Waals surface area contributed by atoms with Crippen LogP contribution in [0.15, 0.2) is 103 Å². The standard InChI is InChI=1S/C26H17F6Si/c27-25(28,29)20-14-11-18(12-15-20)19-13-16-24(23(17-19)26(30,31)32)33(21-7-3-1-4-8-21)22-9-5-2-6-10-22/h1-17H. The largest absolute Gasteiger partial charge is 0.416 e. The van der Waals surface area contributed by atoms with E-state index >= 15 is 0 Å². The maximum Gasteiger partial charge on any atom is 0.416 e. The molecule has 0 saturated carbocycles. The number of hydrogen-bond donors (Lipinski definition) is 0. The summed E-state index contributed by atoms with van der Waals surface area (Å²) in [6.45, 7) is 0. The van der Waals surface area contributed by atoms with E-state index in [1.54, 1.807) is 30.3 Å². The van der Waals surface area contributed by atoms with Gasteiger partial charge in [0.05, 0.1) is 11.1 Å². The zero-order chi connectivity index (χ0) is 23.6. The minimum absolute atomic E-state index is 0.181. The summed E-state index contributed by atoms with van der Waals surface area (Å²) in [5.41, 5.74) is -1.13. The van der Waals surface area contributed by atoms with Crippen molar-refractivity contribution in [2.75, 3.05) is 0 Å². The summed E-state index contributed by atoms with van der Waals surface area (Å²) in [6, 6.07) is 26.3. The molecule has 0 aliphatic rings. The Morgan fingerprint density at radius 1 is 0.485 bits per heavy atom. The molecule has 0 aliphatic carbocycles. The Bertz CT molecular complexity index is 1170. The molecule has 0 aliphatic heterocycles. The van der Waals surface area contributed by atoms with E-state index in [1.165, 1.54) is 18.2 Å². The van der Waals surface area contributed by atoms with Crippen LogP contribution >= 0.6 is 0 Å². The number of rotatable bonds is 4. The molecular formula is C26H17F6Si. The lowest BCUT2D eigenvalue weighted by atomic mass is 10.0. The lowest BCUT2D eigenvalue weighted by molar-refractivity contribution is -0.138. The molecule has 4 aromatic rings. The van der Waals surface area contributed by atoms with Gasteiger partial charge >= 0.3 is 12.4 Å². The van der Waals surface area contributed by atoms with Gasteiger partial charge in [0, 0.05) is 0 Å². The molecule has 167 valence electrons. The van der Waals surface area contributed by atoms with Gasteiger partial charge in [-0.3, -0.25) is 0 Å². The third kappa shape index (κ3) is 5.03. The molecule has 0 bridgehead atoms. The summed E-state index contributed by atoms with van der Waals surface area (Å²) in [7, 11) is -1.98. The average molecular weight is 471 g/mol. The summed E-state index contributed by atoms with van der Waals surface area (Å²) in [5.74, 6) is 0. The molecule has 0 heterocycles. The summed E-state index contributed by atoms with van der Waals surface area (Å²) in [6.07, 6.45) is -9.14. The van der Waals surface area contributed by atoms with Gasteiger partial charge in [-0.15, -0.1) is 0 Å². The summed E-state index contributed by atoms with van der Waals surface area (Å²) >= 11 is 0. The lowest BCUT2D eigenvalue weighted by Crippen LogP contribution is -2.54. The highest BCUT2D eigenvalue weighted by molar-refractivity contribution is 6.95. The first kappa shape index (κ1) is 22.9. The molecule has 7 heteroatoms. The van der Waals surface area contributed by atoms with E-state index in [-0.39, 0.29) is 16.3 Å². The minimum Gasteiger partial charge on any atom is -0.166 e. The fraction of sp³-hybridized carbons (Fsp3) is 0.0769. The first-order valence-corrected chi connectivity index (χ1v) is 11.5. The highest BCUT2D eigenvalue weighted by Crippen LogP contribution is 2.34. The van der Waals surface area contributed by atoms with Crippen LogP contribution in [0.5, 0.6) is 0 Å². The normalized spacial score (nSPS) is 12.2. The molecular weight excluding hydrogens is 454 g/mol. The second kappa shape index (κ2) is 8.90. The number of hydrogen-bond acceptors (Lipinski definition) is 0. The highest BCUT2D eigenvalue weighted by atomic mass is 28.3. The maximum absolute atomic E-state index is 14.2. The Morgan fingerprint density at radius 3 is 1.42 bits per heavy atom. The SMILES string of the molecule is FC(F)(F)c1ccc(-c2ccc([Si](c3ccccc3)c3ccccc3)c(C(F)(F)F)c2)cc1. The maximum atomic E-state index is 14.2. The van der Waals surface area contributed by atoms with Crippen LogP contribution in [0.4, 0.5) is 26.3 Å². The van der Waals surface area contributed by atoms with Gasteiger partial charge in [-0.1, -0.05) is 95.3 Å². The molecule has 0 aromatic heterocycles. The molecule has 1 radical (unpaired) electrons. The van der Waals surface area contributed by atoms with Gasteiger partial charge in [-0.25, -0.2) is 0 Å². The molecule has 33 heavy (non-hydrogen) atoms. The topological polar surface area (TPSA) is 0 Å². The van der Waals surface area contributed by atoms with Crippen LogP contribution in [0, 0.1) is 0 Å². The van der Waals surface area contributed by atoms with Crippen molar-refractivity contribution >= 4 is 24.4 Å². The third-order valence-electron chi connectivity index (χ3n) is 5.26. The summed E-state index contributed by atoms with van der Waals surface area (Å²) in [5, 5.41) is 1.79. The molecule has 0 fully saturated rings. The monoisotopic (exact) mass is 471 g/mol. The van der Waals surface area contributed by atoms with Crippen LogP contribution < -0.4 is 15.6 Å². The molecule has 0 atom stereocenters. The summed E-state index contributed by atoms with van der Waals surface area (Å²) < 4.78 is 81.3. The Hall–Kier alpha value is -3.32. The Morgan fingerprint density at radius 2 is 0.970 bits per heavy atom. The molecule has 4 aromatic carbocycles. The van der Waals surface area contributed by atoms with Gasteiger partial charge in [0.1, 0.15) is 0 Å². The second-order valence-corrected chi connectivity index (χ2v) is 9.88. The molecule has 4 rings (SSSR count). The average Bonchev–Trinajstić information content (AvgIpc) is 2.80. The van der Waals surface area contributed by atoms with Crippen LogP contribution in [0.2, 0.25) is 0 Å². The zero-order valence-electron chi connectivity index (χ0n) is 17.1. The molecule has 0 spiro atoms.